The predicted molar refractivity (Wildman–Crippen MR) is 164 cm³/mol. The van der Waals surface area contributed by atoms with Crippen molar-refractivity contribution in [1.82, 2.24) is 10.2 Å². The fourth-order valence-electron chi connectivity index (χ4n) is 5.07. The number of carbonyl (C=O) groups excluding carboxylic acids is 2. The Balaban J connectivity index is 1.38. The molecule has 1 N–H and O–H groups in total. The van der Waals surface area contributed by atoms with Crippen LogP contribution >= 0.6 is 34.7 Å². The van der Waals surface area contributed by atoms with Crippen LogP contribution in [-0.4, -0.2) is 39.7 Å². The number of fused-ring (bicyclic) bond motifs is 1. The average molecular weight is 620 g/mol. The van der Waals surface area contributed by atoms with Crippen molar-refractivity contribution in [2.24, 2.45) is 0 Å². The molecule has 11 heteroatoms. The van der Waals surface area contributed by atoms with Gasteiger partial charge in [0.05, 0.1) is 18.2 Å². The third kappa shape index (κ3) is 5.49. The van der Waals surface area contributed by atoms with E-state index in [2.05, 4.69) is 10.2 Å². The number of benzene rings is 3. The Hall–Kier alpha value is -3.86. The van der Waals surface area contributed by atoms with E-state index in [1.807, 2.05) is 44.2 Å². The molecule has 1 aromatic heterocycles. The number of ether oxygens (including phenoxy) is 2. The van der Waals surface area contributed by atoms with Crippen molar-refractivity contribution in [3.05, 3.63) is 99.6 Å². The van der Waals surface area contributed by atoms with Crippen LogP contribution in [0.25, 0.3) is 5.76 Å². The van der Waals surface area contributed by atoms with E-state index in [1.165, 1.54) is 28.0 Å². The first kappa shape index (κ1) is 28.3. The molecule has 214 valence electrons. The highest BCUT2D eigenvalue weighted by Gasteiger charge is 2.48. The van der Waals surface area contributed by atoms with Crippen molar-refractivity contribution in [2.75, 3.05) is 11.5 Å². The number of hydrogen-bond acceptors (Lipinski definition) is 9. The number of ketones is 1. The van der Waals surface area contributed by atoms with E-state index < -0.39 is 17.7 Å². The predicted octanol–water partition coefficient (Wildman–Crippen LogP) is 6.83. The molecule has 2 atom stereocenters. The Kier molecular flexibility index (Phi) is 7.94. The number of nitrogens with zero attached hydrogens (tertiary/aromatic N) is 3. The lowest BCUT2D eigenvalue weighted by Gasteiger charge is -2.22. The van der Waals surface area contributed by atoms with Crippen LogP contribution in [-0.2, 0) is 21.8 Å². The summed E-state index contributed by atoms with van der Waals surface area (Å²) in [5.41, 5.74) is 3.05. The monoisotopic (exact) mass is 619 g/mol. The maximum Gasteiger partial charge on any atom is 0.301 e. The minimum Gasteiger partial charge on any atom is -0.507 e. The van der Waals surface area contributed by atoms with Crippen molar-refractivity contribution in [1.29, 1.82) is 0 Å². The lowest BCUT2D eigenvalue weighted by molar-refractivity contribution is -0.132. The molecule has 2 aliphatic rings. The van der Waals surface area contributed by atoms with Crippen molar-refractivity contribution in [3.8, 4) is 11.5 Å². The third-order valence-electron chi connectivity index (χ3n) is 7.00. The molecular weight excluding hydrogens is 594 g/mol. The summed E-state index contributed by atoms with van der Waals surface area (Å²) < 4.78 is 12.0. The molecular formula is C31H26ClN3O5S2. The minimum absolute atomic E-state index is 0.0124. The van der Waals surface area contributed by atoms with Gasteiger partial charge in [0.2, 0.25) is 5.13 Å². The number of Topliss-reactive ketones (excluding diaryl/α,β-unsaturated/α-hetero) is 1. The number of halogens is 1. The summed E-state index contributed by atoms with van der Waals surface area (Å²) in [6, 6.07) is 19.0. The summed E-state index contributed by atoms with van der Waals surface area (Å²) in [6.45, 7) is 4.37. The van der Waals surface area contributed by atoms with Crippen LogP contribution in [0.1, 0.15) is 42.1 Å². The summed E-state index contributed by atoms with van der Waals surface area (Å²) in [5, 5.41) is 21.0. The van der Waals surface area contributed by atoms with E-state index in [0.717, 1.165) is 16.9 Å². The summed E-state index contributed by atoms with van der Waals surface area (Å²) >= 11 is 8.68. The SMILES string of the molecule is CCOc1ccc(C2/C(=C(\O)c3ccc4c(c3)CC(C)O4)C(=O)C(=O)N2c2nnc(SCc3ccc(Cl)cc3)s2)cc1. The minimum atomic E-state index is -0.911. The number of aliphatic hydroxyl groups excluding tert-OH is 1. The standard InChI is InChI=1S/C31H26ClN3O5S2/c1-3-39-23-11-6-19(7-12-23)26-25(27(36)20-8-13-24-21(15-20)14-17(2)40-24)28(37)29(38)35(26)30-33-34-31(42-30)41-16-18-4-9-22(32)10-5-18/h4-13,15,17,26,36H,3,14,16H2,1-2H3/b27-25+. The largest absolute Gasteiger partial charge is 0.507 e. The van der Waals surface area contributed by atoms with Gasteiger partial charge in [0, 0.05) is 22.8 Å². The molecule has 42 heavy (non-hydrogen) atoms. The zero-order chi connectivity index (χ0) is 29.4. The van der Waals surface area contributed by atoms with E-state index >= 15 is 0 Å². The maximum absolute atomic E-state index is 13.6. The second-order valence-corrected chi connectivity index (χ2v) is 12.5. The molecule has 0 radical (unpaired) electrons. The molecule has 8 nitrogen and oxygen atoms in total. The van der Waals surface area contributed by atoms with Gasteiger partial charge in [-0.15, -0.1) is 10.2 Å². The fourth-order valence-corrected chi connectivity index (χ4v) is 7.02. The molecule has 3 heterocycles. The summed E-state index contributed by atoms with van der Waals surface area (Å²) in [6.07, 6.45) is 0.713. The molecule has 0 saturated carbocycles. The number of aliphatic hydroxyl groups is 1. The average Bonchev–Trinajstić information content (AvgIpc) is 3.68. The highest BCUT2D eigenvalue weighted by Crippen LogP contribution is 2.45. The van der Waals surface area contributed by atoms with Crippen LogP contribution < -0.4 is 14.4 Å². The van der Waals surface area contributed by atoms with E-state index in [4.69, 9.17) is 21.1 Å². The van der Waals surface area contributed by atoms with Crippen LogP contribution in [0.2, 0.25) is 5.02 Å². The molecule has 0 spiro atoms. The number of rotatable bonds is 8. The van der Waals surface area contributed by atoms with Crippen molar-refractivity contribution >= 4 is 57.3 Å². The van der Waals surface area contributed by atoms with Gasteiger partial charge in [0.25, 0.3) is 5.78 Å². The number of aromatic nitrogens is 2. The van der Waals surface area contributed by atoms with Gasteiger partial charge in [0.1, 0.15) is 23.4 Å². The molecule has 1 amide bonds. The molecule has 1 fully saturated rings. The van der Waals surface area contributed by atoms with Crippen LogP contribution in [0, 0.1) is 0 Å². The van der Waals surface area contributed by atoms with E-state index in [0.29, 0.717) is 45.0 Å². The number of thioether (sulfide) groups is 1. The lowest BCUT2D eigenvalue weighted by atomic mass is 9.94. The molecule has 3 aromatic carbocycles. The van der Waals surface area contributed by atoms with Crippen molar-refractivity contribution in [3.63, 3.8) is 0 Å². The van der Waals surface area contributed by atoms with Crippen LogP contribution in [0.5, 0.6) is 11.5 Å². The van der Waals surface area contributed by atoms with Gasteiger partial charge in [-0.05, 0) is 73.0 Å². The maximum atomic E-state index is 13.6. The topological polar surface area (TPSA) is 102 Å². The third-order valence-corrected chi connectivity index (χ3v) is 9.38. The zero-order valence-electron chi connectivity index (χ0n) is 22.7. The second kappa shape index (κ2) is 11.8. The molecule has 0 aliphatic carbocycles. The molecule has 2 aliphatic heterocycles. The van der Waals surface area contributed by atoms with Gasteiger partial charge in [-0.2, -0.15) is 0 Å². The quantitative estimate of drug-likeness (QED) is 0.0753. The summed E-state index contributed by atoms with van der Waals surface area (Å²) in [4.78, 5) is 28.5. The first-order chi connectivity index (χ1) is 20.3. The Bertz CT molecular complexity index is 1690. The van der Waals surface area contributed by atoms with Crippen LogP contribution in [0.4, 0.5) is 5.13 Å². The number of anilines is 1. The Labute approximate surface area is 255 Å². The smallest absolute Gasteiger partial charge is 0.301 e. The summed E-state index contributed by atoms with van der Waals surface area (Å²) in [5.74, 6) is 0.218. The normalized spacial score (nSPS) is 19.2. The van der Waals surface area contributed by atoms with Gasteiger partial charge in [-0.3, -0.25) is 14.5 Å². The molecule has 4 aromatic rings. The van der Waals surface area contributed by atoms with E-state index in [-0.39, 0.29) is 22.6 Å². The van der Waals surface area contributed by atoms with Gasteiger partial charge in [0.15, 0.2) is 4.34 Å². The Morgan fingerprint density at radius 3 is 2.62 bits per heavy atom. The van der Waals surface area contributed by atoms with E-state index in [9.17, 15) is 14.7 Å². The van der Waals surface area contributed by atoms with Crippen LogP contribution in [0.3, 0.4) is 0 Å². The number of hydrogen-bond donors (Lipinski definition) is 1. The molecule has 1 saturated heterocycles. The second-order valence-electron chi connectivity index (χ2n) is 9.89. The highest BCUT2D eigenvalue weighted by molar-refractivity contribution is 8.00. The van der Waals surface area contributed by atoms with Crippen LogP contribution in [0.15, 0.2) is 76.6 Å². The first-order valence-corrected chi connectivity index (χ1v) is 15.5. The molecule has 0 bridgehead atoms. The van der Waals surface area contributed by atoms with Crippen molar-refractivity contribution < 1.29 is 24.2 Å². The van der Waals surface area contributed by atoms with Crippen molar-refractivity contribution in [2.45, 2.75) is 42.5 Å². The fraction of sp³-hybridized carbons (Fsp3) is 0.226. The van der Waals surface area contributed by atoms with Gasteiger partial charge in [-0.25, -0.2) is 0 Å². The Morgan fingerprint density at radius 2 is 1.88 bits per heavy atom. The first-order valence-electron chi connectivity index (χ1n) is 13.4. The summed E-state index contributed by atoms with van der Waals surface area (Å²) in [7, 11) is 0. The highest BCUT2D eigenvalue weighted by atomic mass is 35.5. The van der Waals surface area contributed by atoms with Gasteiger partial charge < -0.3 is 14.6 Å². The Morgan fingerprint density at radius 1 is 1.12 bits per heavy atom. The zero-order valence-corrected chi connectivity index (χ0v) is 25.1. The number of amides is 1. The van der Waals surface area contributed by atoms with Gasteiger partial charge in [-0.1, -0.05) is 59.0 Å². The van der Waals surface area contributed by atoms with Gasteiger partial charge >= 0.3 is 5.91 Å². The van der Waals surface area contributed by atoms with E-state index in [1.54, 1.807) is 36.4 Å². The molecule has 6 rings (SSSR count). The lowest BCUT2D eigenvalue weighted by Crippen LogP contribution is -2.29. The molecule has 2 unspecified atom stereocenters. The number of carbonyl (C=O) groups is 2.